The van der Waals surface area contributed by atoms with E-state index in [2.05, 4.69) is 11.9 Å². The van der Waals surface area contributed by atoms with Gasteiger partial charge in [-0.2, -0.15) is 0 Å². The van der Waals surface area contributed by atoms with Crippen molar-refractivity contribution in [1.82, 2.24) is 9.80 Å². The first-order valence-corrected chi connectivity index (χ1v) is 10.3. The summed E-state index contributed by atoms with van der Waals surface area (Å²) in [6.45, 7) is 3.72. The van der Waals surface area contributed by atoms with E-state index in [0.29, 0.717) is 11.5 Å². The third-order valence-electron chi connectivity index (χ3n) is 5.67. The maximum atomic E-state index is 12.6. The summed E-state index contributed by atoms with van der Waals surface area (Å²) in [6, 6.07) is 9.62. The van der Waals surface area contributed by atoms with Gasteiger partial charge in [-0.1, -0.05) is 18.2 Å². The van der Waals surface area contributed by atoms with Crippen LogP contribution in [0.3, 0.4) is 0 Å². The summed E-state index contributed by atoms with van der Waals surface area (Å²) in [5.74, 6) is 2.90. The Bertz CT molecular complexity index is 1050. The molecule has 0 bridgehead atoms. The number of nitrogens with zero attached hydrogens (tertiary/aromatic N) is 2. The fourth-order valence-corrected chi connectivity index (χ4v) is 3.82. The zero-order chi connectivity index (χ0) is 21.2. The first-order valence-electron chi connectivity index (χ1n) is 10.3. The van der Waals surface area contributed by atoms with E-state index in [-0.39, 0.29) is 19.5 Å². The lowest BCUT2D eigenvalue weighted by Crippen LogP contribution is -2.46. The Labute approximate surface area is 181 Å². The fourth-order valence-electron chi connectivity index (χ4n) is 3.82. The van der Waals surface area contributed by atoms with Gasteiger partial charge >= 0.3 is 0 Å². The minimum atomic E-state index is 0.0245. The summed E-state index contributed by atoms with van der Waals surface area (Å²) >= 11 is 0. The highest BCUT2D eigenvalue weighted by Gasteiger charge is 2.20. The van der Waals surface area contributed by atoms with Crippen LogP contribution < -0.4 is 18.9 Å². The number of benzene rings is 2. The Kier molecular flexibility index (Phi) is 5.26. The fraction of sp³-hybridized carbons (Fsp3) is 0.292. The lowest BCUT2D eigenvalue weighted by atomic mass is 10.0. The van der Waals surface area contributed by atoms with E-state index < -0.39 is 0 Å². The largest absolute Gasteiger partial charge is 0.454 e. The van der Waals surface area contributed by atoms with Crippen molar-refractivity contribution in [2.45, 2.75) is 0 Å². The number of hydrogen-bond acceptors (Lipinski definition) is 6. The van der Waals surface area contributed by atoms with Gasteiger partial charge in [-0.05, 0) is 48.5 Å². The number of piperazine rings is 1. The molecule has 7 heteroatoms. The molecule has 0 unspecified atom stereocenters. The van der Waals surface area contributed by atoms with E-state index in [1.54, 1.807) is 6.08 Å². The molecular formula is C24H24N2O5. The summed E-state index contributed by atoms with van der Waals surface area (Å²) in [6.07, 6.45) is 7.45. The van der Waals surface area contributed by atoms with Crippen molar-refractivity contribution in [3.63, 3.8) is 0 Å². The van der Waals surface area contributed by atoms with Crippen LogP contribution in [-0.4, -0.2) is 62.5 Å². The van der Waals surface area contributed by atoms with Gasteiger partial charge in [-0.25, -0.2) is 0 Å². The van der Waals surface area contributed by atoms with Crippen LogP contribution in [0.25, 0.3) is 18.2 Å². The molecule has 2 aromatic rings. The molecule has 7 nitrogen and oxygen atoms in total. The Morgan fingerprint density at radius 3 is 2.45 bits per heavy atom. The van der Waals surface area contributed by atoms with Crippen molar-refractivity contribution in [3.05, 3.63) is 53.1 Å². The van der Waals surface area contributed by atoms with E-state index in [0.717, 1.165) is 54.4 Å². The monoisotopic (exact) mass is 420 g/mol. The summed E-state index contributed by atoms with van der Waals surface area (Å²) < 4.78 is 22.1. The molecule has 0 atom stereocenters. The zero-order valence-electron chi connectivity index (χ0n) is 17.4. The normalized spacial score (nSPS) is 17.8. The standard InChI is InChI=1S/C24H24N2O5/c1-25-10-12-26(13-11-25)23(27)9-5-18-4-8-21-24(31-16-29-21)19(18)6-2-17-3-7-20-22(14-17)30-15-28-20/h2-9,14H,10-13,15-16H2,1H3/b6-2+,9-5+. The molecule has 1 saturated heterocycles. The number of fused-ring (bicyclic) bond motifs is 2. The minimum absolute atomic E-state index is 0.0245. The zero-order valence-corrected chi connectivity index (χ0v) is 17.4. The summed E-state index contributed by atoms with van der Waals surface area (Å²) in [5, 5.41) is 0. The van der Waals surface area contributed by atoms with Crippen LogP contribution in [-0.2, 0) is 4.79 Å². The lowest BCUT2D eigenvalue weighted by molar-refractivity contribution is -0.127. The first kappa shape index (κ1) is 19.5. The van der Waals surface area contributed by atoms with Gasteiger partial charge in [0.25, 0.3) is 0 Å². The van der Waals surface area contributed by atoms with Crippen molar-refractivity contribution in [1.29, 1.82) is 0 Å². The number of likely N-dealkylation sites (N-methyl/N-ethyl adjacent to an activating group) is 1. The predicted octanol–water partition coefficient (Wildman–Crippen LogP) is 3.10. The topological polar surface area (TPSA) is 60.5 Å². The van der Waals surface area contributed by atoms with Gasteiger partial charge in [-0.15, -0.1) is 0 Å². The molecule has 3 aliphatic heterocycles. The second kappa shape index (κ2) is 8.35. The molecule has 0 N–H and O–H groups in total. The molecule has 0 saturated carbocycles. The number of amides is 1. The van der Waals surface area contributed by atoms with Crippen molar-refractivity contribution in [3.8, 4) is 23.0 Å². The molecule has 0 aromatic heterocycles. The first-order chi connectivity index (χ1) is 15.2. The van der Waals surface area contributed by atoms with Gasteiger partial charge in [-0.3, -0.25) is 4.79 Å². The van der Waals surface area contributed by atoms with E-state index in [4.69, 9.17) is 18.9 Å². The van der Waals surface area contributed by atoms with E-state index in [9.17, 15) is 4.79 Å². The molecule has 1 fully saturated rings. The van der Waals surface area contributed by atoms with E-state index in [1.807, 2.05) is 53.5 Å². The number of carbonyl (C=O) groups is 1. The van der Waals surface area contributed by atoms with Crippen molar-refractivity contribution in [2.24, 2.45) is 0 Å². The Hall–Kier alpha value is -3.45. The number of hydrogen-bond donors (Lipinski definition) is 0. The average Bonchev–Trinajstić information content (AvgIpc) is 3.45. The van der Waals surface area contributed by atoms with Crippen molar-refractivity contribution in [2.75, 3.05) is 46.8 Å². The van der Waals surface area contributed by atoms with Crippen LogP contribution in [0.4, 0.5) is 0 Å². The van der Waals surface area contributed by atoms with Gasteiger partial charge in [0, 0.05) is 37.8 Å². The van der Waals surface area contributed by atoms with Crippen LogP contribution in [0.15, 0.2) is 36.4 Å². The minimum Gasteiger partial charge on any atom is -0.454 e. The van der Waals surface area contributed by atoms with Gasteiger partial charge in [0.05, 0.1) is 0 Å². The molecule has 3 heterocycles. The number of ether oxygens (including phenoxy) is 4. The van der Waals surface area contributed by atoms with E-state index >= 15 is 0 Å². The summed E-state index contributed by atoms with van der Waals surface area (Å²) in [7, 11) is 2.07. The summed E-state index contributed by atoms with van der Waals surface area (Å²) in [4.78, 5) is 16.7. The Morgan fingerprint density at radius 2 is 1.58 bits per heavy atom. The highest BCUT2D eigenvalue weighted by molar-refractivity contribution is 5.93. The molecule has 2 aromatic carbocycles. The molecule has 3 aliphatic rings. The lowest BCUT2D eigenvalue weighted by Gasteiger charge is -2.31. The Morgan fingerprint density at radius 1 is 0.839 bits per heavy atom. The quantitative estimate of drug-likeness (QED) is 0.560. The van der Waals surface area contributed by atoms with Crippen LogP contribution in [0.5, 0.6) is 23.0 Å². The molecular weight excluding hydrogens is 396 g/mol. The molecule has 0 aliphatic carbocycles. The molecule has 5 rings (SSSR count). The number of rotatable bonds is 4. The third kappa shape index (κ3) is 4.09. The average molecular weight is 420 g/mol. The van der Waals surface area contributed by atoms with Gasteiger partial charge in [0.15, 0.2) is 23.0 Å². The third-order valence-corrected chi connectivity index (χ3v) is 5.67. The molecule has 160 valence electrons. The highest BCUT2D eigenvalue weighted by atomic mass is 16.7. The van der Waals surface area contributed by atoms with Crippen LogP contribution in [0.1, 0.15) is 16.7 Å². The van der Waals surface area contributed by atoms with Gasteiger partial charge < -0.3 is 28.7 Å². The highest BCUT2D eigenvalue weighted by Crippen LogP contribution is 2.39. The smallest absolute Gasteiger partial charge is 0.246 e. The molecule has 31 heavy (non-hydrogen) atoms. The summed E-state index contributed by atoms with van der Waals surface area (Å²) in [5.41, 5.74) is 2.74. The maximum absolute atomic E-state index is 12.6. The van der Waals surface area contributed by atoms with Crippen molar-refractivity contribution >= 4 is 24.1 Å². The van der Waals surface area contributed by atoms with Crippen LogP contribution in [0, 0.1) is 0 Å². The van der Waals surface area contributed by atoms with Crippen LogP contribution in [0.2, 0.25) is 0 Å². The number of carbonyl (C=O) groups excluding carboxylic acids is 1. The van der Waals surface area contributed by atoms with Gasteiger partial charge in [0.1, 0.15) is 0 Å². The second-order valence-electron chi connectivity index (χ2n) is 7.71. The second-order valence-corrected chi connectivity index (χ2v) is 7.71. The van der Waals surface area contributed by atoms with E-state index in [1.165, 1.54) is 0 Å². The van der Waals surface area contributed by atoms with Gasteiger partial charge in [0.2, 0.25) is 19.5 Å². The SMILES string of the molecule is CN1CCN(C(=O)/C=C/c2ccc3c(c2/C=C/c2ccc4c(c2)OCO4)OCO3)CC1. The van der Waals surface area contributed by atoms with Crippen molar-refractivity contribution < 1.29 is 23.7 Å². The molecule has 0 spiro atoms. The Balaban J connectivity index is 1.40. The van der Waals surface area contributed by atoms with Crippen LogP contribution >= 0.6 is 0 Å². The molecule has 1 amide bonds. The molecule has 0 radical (unpaired) electrons. The maximum Gasteiger partial charge on any atom is 0.246 e. The predicted molar refractivity (Wildman–Crippen MR) is 117 cm³/mol.